The van der Waals surface area contributed by atoms with Gasteiger partial charge in [-0.25, -0.2) is 0 Å². The summed E-state index contributed by atoms with van der Waals surface area (Å²) in [5, 5.41) is 3.69. The van der Waals surface area contributed by atoms with E-state index >= 15 is 0 Å². The molecule has 118 valence electrons. The fourth-order valence-electron chi connectivity index (χ4n) is 2.93. The van der Waals surface area contributed by atoms with Gasteiger partial charge in [0.25, 0.3) is 0 Å². The van der Waals surface area contributed by atoms with Crippen LogP contribution in [0, 0.1) is 5.92 Å². The number of hydrogen-bond acceptors (Lipinski definition) is 2. The monoisotopic (exact) mass is 320 g/mol. The lowest BCUT2D eigenvalue weighted by Gasteiger charge is -2.32. The van der Waals surface area contributed by atoms with Gasteiger partial charge in [-0.05, 0) is 37.3 Å². The molecule has 1 saturated carbocycles. The van der Waals surface area contributed by atoms with E-state index in [1.807, 2.05) is 23.1 Å². The Hall–Kier alpha value is -1.55. The van der Waals surface area contributed by atoms with E-state index in [0.29, 0.717) is 17.4 Å². The van der Waals surface area contributed by atoms with Gasteiger partial charge in [-0.15, -0.1) is 0 Å². The highest BCUT2D eigenvalue weighted by molar-refractivity contribution is 6.31. The van der Waals surface area contributed by atoms with Gasteiger partial charge in [-0.3, -0.25) is 9.59 Å². The van der Waals surface area contributed by atoms with Gasteiger partial charge in [-0.2, -0.15) is 0 Å². The Morgan fingerprint density at radius 2 is 1.82 bits per heavy atom. The van der Waals surface area contributed by atoms with Crippen molar-refractivity contribution in [2.24, 2.45) is 5.92 Å². The number of hydrogen-bond donors (Lipinski definition) is 1. The number of carbonyl (C=O) groups is 2. The van der Waals surface area contributed by atoms with Crippen LogP contribution in [-0.4, -0.2) is 35.8 Å². The van der Waals surface area contributed by atoms with Crippen molar-refractivity contribution in [2.45, 2.75) is 38.1 Å². The molecule has 1 N–H and O–H groups in total. The minimum atomic E-state index is 0.0000643. The number of nitrogens with one attached hydrogen (secondary N) is 1. The average molecular weight is 321 g/mol. The Bertz CT molecular complexity index is 564. The lowest BCUT2D eigenvalue weighted by molar-refractivity contribution is -0.133. The molecule has 1 aromatic carbocycles. The van der Waals surface area contributed by atoms with E-state index in [1.54, 1.807) is 6.07 Å². The number of amides is 2. The normalized spacial score (nSPS) is 19.0. The molecule has 2 fully saturated rings. The number of carbonyl (C=O) groups excluding carboxylic acids is 2. The Morgan fingerprint density at radius 1 is 1.14 bits per heavy atom. The summed E-state index contributed by atoms with van der Waals surface area (Å²) in [5.41, 5.74) is 0.850. The molecule has 4 nitrogen and oxygen atoms in total. The second kappa shape index (κ2) is 6.69. The molecule has 0 aromatic heterocycles. The van der Waals surface area contributed by atoms with Crippen LogP contribution in [0.25, 0.3) is 0 Å². The van der Waals surface area contributed by atoms with Crippen molar-refractivity contribution >= 4 is 23.4 Å². The molecule has 1 saturated heterocycles. The minimum absolute atomic E-state index is 0.0000643. The quantitative estimate of drug-likeness (QED) is 0.926. The van der Waals surface area contributed by atoms with E-state index < -0.39 is 0 Å². The van der Waals surface area contributed by atoms with Crippen LogP contribution in [0.1, 0.15) is 31.2 Å². The molecule has 0 radical (unpaired) electrons. The fraction of sp³-hybridized carbons (Fsp3) is 0.529. The highest BCUT2D eigenvalue weighted by Crippen LogP contribution is 2.31. The lowest BCUT2D eigenvalue weighted by atomic mass is 10.0. The topological polar surface area (TPSA) is 49.4 Å². The Balaban J connectivity index is 1.45. The van der Waals surface area contributed by atoms with Crippen LogP contribution >= 0.6 is 11.6 Å². The van der Waals surface area contributed by atoms with Crippen LogP contribution in [0.4, 0.5) is 0 Å². The summed E-state index contributed by atoms with van der Waals surface area (Å²) in [6, 6.07) is 7.58. The van der Waals surface area contributed by atoms with E-state index in [4.69, 9.17) is 11.6 Å². The zero-order valence-electron chi connectivity index (χ0n) is 12.6. The van der Waals surface area contributed by atoms with Gasteiger partial charge < -0.3 is 10.2 Å². The van der Waals surface area contributed by atoms with Gasteiger partial charge in [0.1, 0.15) is 0 Å². The van der Waals surface area contributed by atoms with Crippen LogP contribution < -0.4 is 5.32 Å². The molecule has 0 unspecified atom stereocenters. The van der Waals surface area contributed by atoms with Crippen LogP contribution in [0.5, 0.6) is 0 Å². The summed E-state index contributed by atoms with van der Waals surface area (Å²) < 4.78 is 0. The average Bonchev–Trinajstić information content (AvgIpc) is 3.34. The van der Waals surface area contributed by atoms with Gasteiger partial charge in [0.05, 0.1) is 6.42 Å². The van der Waals surface area contributed by atoms with Crippen molar-refractivity contribution in [3.8, 4) is 0 Å². The molecule has 22 heavy (non-hydrogen) atoms. The molecule has 5 heteroatoms. The van der Waals surface area contributed by atoms with E-state index in [9.17, 15) is 9.59 Å². The van der Waals surface area contributed by atoms with Crippen LogP contribution in [-0.2, 0) is 16.0 Å². The molecule has 2 aliphatic rings. The van der Waals surface area contributed by atoms with Crippen molar-refractivity contribution in [1.29, 1.82) is 0 Å². The van der Waals surface area contributed by atoms with Crippen LogP contribution in [0.15, 0.2) is 24.3 Å². The molecule has 0 spiro atoms. The Morgan fingerprint density at radius 3 is 2.45 bits per heavy atom. The van der Waals surface area contributed by atoms with E-state index in [2.05, 4.69) is 5.32 Å². The summed E-state index contributed by atoms with van der Waals surface area (Å²) in [4.78, 5) is 26.1. The minimum Gasteiger partial charge on any atom is -0.353 e. The lowest BCUT2D eigenvalue weighted by Crippen LogP contribution is -2.47. The molecule has 1 aliphatic carbocycles. The Labute approximate surface area is 135 Å². The number of benzene rings is 1. The number of piperidine rings is 1. The molecular formula is C17H21ClN2O2. The number of halogens is 1. The molecule has 0 bridgehead atoms. The highest BCUT2D eigenvalue weighted by atomic mass is 35.5. The van der Waals surface area contributed by atoms with Crippen LogP contribution in [0.3, 0.4) is 0 Å². The van der Waals surface area contributed by atoms with Crippen molar-refractivity contribution < 1.29 is 9.59 Å². The summed E-state index contributed by atoms with van der Waals surface area (Å²) in [6.07, 6.45) is 4.08. The van der Waals surface area contributed by atoms with Gasteiger partial charge >= 0.3 is 0 Å². The van der Waals surface area contributed by atoms with Crippen molar-refractivity contribution in [3.63, 3.8) is 0 Å². The third kappa shape index (κ3) is 3.80. The summed E-state index contributed by atoms with van der Waals surface area (Å²) in [6.45, 7) is 1.51. The number of likely N-dealkylation sites (tertiary alicyclic amines) is 1. The molecule has 2 amide bonds. The Kier molecular flexibility index (Phi) is 4.67. The fourth-order valence-corrected chi connectivity index (χ4v) is 3.13. The van der Waals surface area contributed by atoms with Crippen molar-refractivity contribution in [1.82, 2.24) is 10.2 Å². The maximum absolute atomic E-state index is 12.1. The molecule has 3 rings (SSSR count). The predicted octanol–water partition coefficient (Wildman–Crippen LogP) is 2.40. The zero-order valence-corrected chi connectivity index (χ0v) is 13.3. The first kappa shape index (κ1) is 15.3. The second-order valence-corrected chi connectivity index (χ2v) is 6.62. The predicted molar refractivity (Wildman–Crippen MR) is 85.6 cm³/mol. The molecule has 1 heterocycles. The number of nitrogens with zero attached hydrogens (tertiary/aromatic N) is 1. The summed E-state index contributed by atoms with van der Waals surface area (Å²) >= 11 is 6.08. The van der Waals surface area contributed by atoms with Gasteiger partial charge in [0.15, 0.2) is 0 Å². The van der Waals surface area contributed by atoms with Gasteiger partial charge in [0.2, 0.25) is 11.8 Å². The first-order chi connectivity index (χ1) is 10.6. The standard InChI is InChI=1S/C17H21ClN2O2/c18-15-4-2-1-3-13(15)11-16(21)19-14-7-9-20(10-8-14)17(22)12-5-6-12/h1-4,12,14H,5-11H2,(H,19,21). The van der Waals surface area contributed by atoms with E-state index in [0.717, 1.165) is 44.3 Å². The van der Waals surface area contributed by atoms with Crippen molar-refractivity contribution in [2.75, 3.05) is 13.1 Å². The largest absolute Gasteiger partial charge is 0.353 e. The second-order valence-electron chi connectivity index (χ2n) is 6.21. The summed E-state index contributed by atoms with van der Waals surface area (Å²) in [7, 11) is 0. The highest BCUT2D eigenvalue weighted by Gasteiger charge is 2.35. The number of rotatable bonds is 4. The maximum atomic E-state index is 12.1. The zero-order chi connectivity index (χ0) is 15.5. The summed E-state index contributed by atoms with van der Waals surface area (Å²) in [5.74, 6) is 0.590. The third-order valence-corrected chi connectivity index (χ3v) is 4.78. The molecule has 1 aromatic rings. The third-order valence-electron chi connectivity index (χ3n) is 4.41. The first-order valence-electron chi connectivity index (χ1n) is 7.95. The van der Waals surface area contributed by atoms with Crippen LogP contribution in [0.2, 0.25) is 5.02 Å². The van der Waals surface area contributed by atoms with E-state index in [-0.39, 0.29) is 17.9 Å². The molecule has 1 aliphatic heterocycles. The van der Waals surface area contributed by atoms with E-state index in [1.165, 1.54) is 0 Å². The molecular weight excluding hydrogens is 300 g/mol. The maximum Gasteiger partial charge on any atom is 0.225 e. The molecule has 0 atom stereocenters. The van der Waals surface area contributed by atoms with Gasteiger partial charge in [0, 0.05) is 30.1 Å². The van der Waals surface area contributed by atoms with Crippen molar-refractivity contribution in [3.05, 3.63) is 34.9 Å². The smallest absolute Gasteiger partial charge is 0.225 e. The van der Waals surface area contributed by atoms with Gasteiger partial charge in [-0.1, -0.05) is 29.8 Å². The first-order valence-corrected chi connectivity index (χ1v) is 8.33. The SMILES string of the molecule is O=C(Cc1ccccc1Cl)NC1CCN(C(=O)C2CC2)CC1.